The highest BCUT2D eigenvalue weighted by Crippen LogP contribution is 2.30. The maximum Gasteiger partial charge on any atom is 0.296 e. The summed E-state index contributed by atoms with van der Waals surface area (Å²) in [5.41, 5.74) is 2.68. The van der Waals surface area contributed by atoms with Crippen LogP contribution in [0.25, 0.3) is 0 Å². The SMILES string of the molecule is Cc1ccc(C(=O)C#CC(=O)NC2CCN(c3nc(C(C)(C)C)cs3)C2)cc1. The van der Waals surface area contributed by atoms with Crippen molar-refractivity contribution in [2.45, 2.75) is 45.6 Å². The summed E-state index contributed by atoms with van der Waals surface area (Å²) in [6.45, 7) is 9.95. The largest absolute Gasteiger partial charge is 0.346 e. The van der Waals surface area contributed by atoms with E-state index < -0.39 is 5.91 Å². The predicted molar refractivity (Wildman–Crippen MR) is 113 cm³/mol. The van der Waals surface area contributed by atoms with Crippen LogP contribution in [0.2, 0.25) is 0 Å². The molecule has 146 valence electrons. The number of thiazole rings is 1. The van der Waals surface area contributed by atoms with Crippen molar-refractivity contribution in [3.8, 4) is 11.8 Å². The third-order valence-corrected chi connectivity index (χ3v) is 5.56. The van der Waals surface area contributed by atoms with E-state index in [1.807, 2.05) is 19.1 Å². The Hall–Kier alpha value is -2.65. The number of amides is 1. The number of carbonyl (C=O) groups excluding carboxylic acids is 2. The second-order valence-electron chi connectivity index (χ2n) is 8.12. The van der Waals surface area contributed by atoms with Crippen LogP contribution < -0.4 is 10.2 Å². The molecule has 1 amide bonds. The van der Waals surface area contributed by atoms with E-state index in [9.17, 15) is 9.59 Å². The third kappa shape index (κ3) is 4.99. The first-order chi connectivity index (χ1) is 13.2. The number of hydrogen-bond donors (Lipinski definition) is 1. The van der Waals surface area contributed by atoms with Crippen LogP contribution in [-0.4, -0.2) is 35.8 Å². The maximum absolute atomic E-state index is 12.1. The van der Waals surface area contributed by atoms with Gasteiger partial charge in [0.25, 0.3) is 5.91 Å². The van der Waals surface area contributed by atoms with Crippen molar-refractivity contribution in [1.82, 2.24) is 10.3 Å². The number of hydrogen-bond acceptors (Lipinski definition) is 5. The molecular weight excluding hydrogens is 370 g/mol. The number of aromatic nitrogens is 1. The smallest absolute Gasteiger partial charge is 0.296 e. The molecule has 0 radical (unpaired) electrons. The van der Waals surface area contributed by atoms with Gasteiger partial charge in [0.05, 0.1) is 5.69 Å². The van der Waals surface area contributed by atoms with E-state index in [4.69, 9.17) is 4.98 Å². The standard InChI is InChI=1S/C22H25N3O2S/c1-15-5-7-16(8-6-15)18(26)9-10-20(27)23-17-11-12-25(13-17)21-24-19(14-28-21)22(2,3)4/h5-8,14,17H,11-13H2,1-4H3,(H,23,27). The summed E-state index contributed by atoms with van der Waals surface area (Å²) in [6, 6.07) is 7.16. The molecule has 2 aromatic rings. The molecular formula is C22H25N3O2S. The Kier molecular flexibility index (Phi) is 5.85. The molecule has 28 heavy (non-hydrogen) atoms. The van der Waals surface area contributed by atoms with Crippen molar-refractivity contribution in [1.29, 1.82) is 0 Å². The van der Waals surface area contributed by atoms with Crippen LogP contribution in [0.15, 0.2) is 29.6 Å². The number of rotatable bonds is 3. The Morgan fingerprint density at radius 3 is 2.57 bits per heavy atom. The number of Topliss-reactive ketones (excluding diaryl/α,β-unsaturated/α-hetero) is 1. The van der Waals surface area contributed by atoms with Gasteiger partial charge in [0.15, 0.2) is 5.13 Å². The summed E-state index contributed by atoms with van der Waals surface area (Å²) in [7, 11) is 0. The molecule has 0 bridgehead atoms. The van der Waals surface area contributed by atoms with E-state index in [1.165, 1.54) is 0 Å². The zero-order valence-electron chi connectivity index (χ0n) is 16.7. The van der Waals surface area contributed by atoms with Gasteiger partial charge in [0, 0.05) is 41.4 Å². The first-order valence-corrected chi connectivity index (χ1v) is 10.2. The van der Waals surface area contributed by atoms with Crippen LogP contribution in [0.4, 0.5) is 5.13 Å². The lowest BCUT2D eigenvalue weighted by atomic mass is 9.93. The molecule has 2 heterocycles. The van der Waals surface area contributed by atoms with Gasteiger partial charge < -0.3 is 10.2 Å². The van der Waals surface area contributed by atoms with Crippen molar-refractivity contribution < 1.29 is 9.59 Å². The highest BCUT2D eigenvalue weighted by atomic mass is 32.1. The number of carbonyl (C=O) groups is 2. The number of anilines is 1. The highest BCUT2D eigenvalue weighted by Gasteiger charge is 2.27. The number of nitrogens with one attached hydrogen (secondary N) is 1. The van der Waals surface area contributed by atoms with Gasteiger partial charge in [-0.15, -0.1) is 11.3 Å². The van der Waals surface area contributed by atoms with Crippen molar-refractivity contribution in [3.05, 3.63) is 46.5 Å². The first-order valence-electron chi connectivity index (χ1n) is 9.37. The van der Waals surface area contributed by atoms with Crippen LogP contribution in [0.5, 0.6) is 0 Å². The summed E-state index contributed by atoms with van der Waals surface area (Å²) in [5.74, 6) is 4.09. The van der Waals surface area contributed by atoms with Crippen LogP contribution in [0, 0.1) is 18.8 Å². The molecule has 0 spiro atoms. The van der Waals surface area contributed by atoms with Crippen LogP contribution in [0.1, 0.15) is 48.8 Å². The zero-order valence-corrected chi connectivity index (χ0v) is 17.5. The van der Waals surface area contributed by atoms with Gasteiger partial charge in [-0.25, -0.2) is 4.98 Å². The van der Waals surface area contributed by atoms with Gasteiger partial charge in [-0.2, -0.15) is 0 Å². The Balaban J connectivity index is 1.54. The highest BCUT2D eigenvalue weighted by molar-refractivity contribution is 7.13. The van der Waals surface area contributed by atoms with Crippen LogP contribution >= 0.6 is 11.3 Å². The summed E-state index contributed by atoms with van der Waals surface area (Å²) in [6.07, 6.45) is 0.837. The quantitative estimate of drug-likeness (QED) is 0.492. The average molecular weight is 396 g/mol. The molecule has 1 aromatic carbocycles. The molecule has 1 aromatic heterocycles. The van der Waals surface area contributed by atoms with E-state index >= 15 is 0 Å². The molecule has 0 saturated carbocycles. The molecule has 1 aliphatic heterocycles. The van der Waals surface area contributed by atoms with E-state index in [-0.39, 0.29) is 17.2 Å². The minimum absolute atomic E-state index is 0.0123. The average Bonchev–Trinajstić information content (AvgIpc) is 3.29. The predicted octanol–water partition coefficient (Wildman–Crippen LogP) is 3.33. The van der Waals surface area contributed by atoms with Gasteiger partial charge >= 0.3 is 0 Å². The fourth-order valence-electron chi connectivity index (χ4n) is 2.92. The normalized spacial score (nSPS) is 16.4. The van der Waals surface area contributed by atoms with Crippen molar-refractivity contribution >= 4 is 28.2 Å². The number of benzene rings is 1. The monoisotopic (exact) mass is 395 g/mol. The Morgan fingerprint density at radius 2 is 1.93 bits per heavy atom. The topological polar surface area (TPSA) is 62.3 Å². The van der Waals surface area contributed by atoms with Crippen LogP contribution in [0.3, 0.4) is 0 Å². The van der Waals surface area contributed by atoms with Gasteiger partial charge in [0.1, 0.15) is 0 Å². The lowest BCUT2D eigenvalue weighted by Crippen LogP contribution is -2.36. The van der Waals surface area contributed by atoms with E-state index in [2.05, 4.69) is 48.2 Å². The fourth-order valence-corrected chi connectivity index (χ4v) is 4.01. The molecule has 5 nitrogen and oxygen atoms in total. The zero-order chi connectivity index (χ0) is 20.3. The van der Waals surface area contributed by atoms with E-state index in [0.29, 0.717) is 12.1 Å². The van der Waals surface area contributed by atoms with Gasteiger partial charge in [-0.1, -0.05) is 50.6 Å². The molecule has 1 N–H and O–H groups in total. The molecule has 3 rings (SSSR count). The second kappa shape index (κ2) is 8.15. The minimum atomic E-state index is -0.415. The first kappa shape index (κ1) is 20.1. The Labute approximate surface area is 170 Å². The lowest BCUT2D eigenvalue weighted by molar-refractivity contribution is -0.116. The molecule has 6 heteroatoms. The van der Waals surface area contributed by atoms with E-state index in [0.717, 1.165) is 29.4 Å². The molecule has 1 saturated heterocycles. The van der Waals surface area contributed by atoms with E-state index in [1.54, 1.807) is 23.5 Å². The van der Waals surface area contributed by atoms with Crippen LogP contribution in [-0.2, 0) is 10.2 Å². The molecule has 1 unspecified atom stereocenters. The third-order valence-electron chi connectivity index (χ3n) is 4.66. The molecule has 1 atom stereocenters. The van der Waals surface area contributed by atoms with Gasteiger partial charge in [0.2, 0.25) is 5.78 Å². The summed E-state index contributed by atoms with van der Waals surface area (Å²) < 4.78 is 0. The van der Waals surface area contributed by atoms with Crippen molar-refractivity contribution in [2.24, 2.45) is 0 Å². The lowest BCUT2D eigenvalue weighted by Gasteiger charge is -2.17. The number of ketones is 1. The van der Waals surface area contributed by atoms with Gasteiger partial charge in [-0.3, -0.25) is 9.59 Å². The molecule has 0 aliphatic carbocycles. The summed E-state index contributed by atoms with van der Waals surface area (Å²) in [4.78, 5) is 31.1. The maximum atomic E-state index is 12.1. The van der Waals surface area contributed by atoms with Gasteiger partial charge in [-0.05, 0) is 19.3 Å². The Morgan fingerprint density at radius 1 is 1.21 bits per heavy atom. The number of nitrogens with zero attached hydrogens (tertiary/aromatic N) is 2. The molecule has 1 fully saturated rings. The van der Waals surface area contributed by atoms with Crippen molar-refractivity contribution in [2.75, 3.05) is 18.0 Å². The summed E-state index contributed by atoms with van der Waals surface area (Å²) >= 11 is 1.64. The summed E-state index contributed by atoms with van der Waals surface area (Å²) in [5, 5.41) is 5.99. The fraction of sp³-hybridized carbons (Fsp3) is 0.409. The van der Waals surface area contributed by atoms with Crippen molar-refractivity contribution in [3.63, 3.8) is 0 Å². The number of aryl methyl sites for hydroxylation is 1. The second-order valence-corrected chi connectivity index (χ2v) is 8.95. The Bertz CT molecular complexity index is 929. The minimum Gasteiger partial charge on any atom is -0.346 e. The molecule has 1 aliphatic rings.